The van der Waals surface area contributed by atoms with Crippen molar-refractivity contribution in [3.63, 3.8) is 0 Å². The van der Waals surface area contributed by atoms with E-state index in [0.29, 0.717) is 48.6 Å². The fraction of sp³-hybridized carbons (Fsp3) is 0.281. The Morgan fingerprint density at radius 1 is 0.976 bits per heavy atom. The van der Waals surface area contributed by atoms with Gasteiger partial charge in [-0.2, -0.15) is 5.10 Å². The van der Waals surface area contributed by atoms with Gasteiger partial charge in [-0.25, -0.2) is 13.9 Å². The SMILES string of the molecule is CC(C)(C)OC(=O)N1CCN(C(=O)c2cnn(-c3ccccc3O)c2-c2ccc(F)cc2)C(Cc2ccccc2)C1. The number of hydrogen-bond donors (Lipinski definition) is 1. The van der Waals surface area contributed by atoms with Crippen LogP contribution in [-0.2, 0) is 11.2 Å². The molecule has 1 aliphatic heterocycles. The zero-order valence-corrected chi connectivity index (χ0v) is 23.3. The van der Waals surface area contributed by atoms with Crippen LogP contribution in [0.3, 0.4) is 0 Å². The number of para-hydroxylation sites is 2. The van der Waals surface area contributed by atoms with Crippen LogP contribution in [-0.4, -0.2) is 68.0 Å². The van der Waals surface area contributed by atoms with Crippen LogP contribution in [0.2, 0.25) is 0 Å². The lowest BCUT2D eigenvalue weighted by atomic mass is 10.00. The van der Waals surface area contributed by atoms with E-state index < -0.39 is 17.5 Å². The van der Waals surface area contributed by atoms with Gasteiger partial charge in [0.2, 0.25) is 0 Å². The summed E-state index contributed by atoms with van der Waals surface area (Å²) in [5.74, 6) is -0.682. The summed E-state index contributed by atoms with van der Waals surface area (Å²) in [5.41, 5.74) is 2.10. The van der Waals surface area contributed by atoms with Crippen LogP contribution >= 0.6 is 0 Å². The predicted molar refractivity (Wildman–Crippen MR) is 153 cm³/mol. The number of phenols is 1. The van der Waals surface area contributed by atoms with Crippen LogP contribution in [0, 0.1) is 5.82 Å². The van der Waals surface area contributed by atoms with Crippen LogP contribution in [0.25, 0.3) is 16.9 Å². The number of ether oxygens (including phenoxy) is 1. The van der Waals surface area contributed by atoms with Crippen LogP contribution < -0.4 is 0 Å². The van der Waals surface area contributed by atoms with Crippen molar-refractivity contribution in [2.75, 3.05) is 19.6 Å². The largest absolute Gasteiger partial charge is 0.506 e. The molecule has 212 valence electrons. The Balaban J connectivity index is 1.53. The van der Waals surface area contributed by atoms with E-state index in [1.165, 1.54) is 23.0 Å². The van der Waals surface area contributed by atoms with E-state index in [1.807, 2.05) is 51.1 Å². The number of piperazine rings is 1. The number of benzene rings is 3. The number of phenolic OH excluding ortho intramolecular Hbond substituents is 1. The maximum atomic E-state index is 14.3. The molecular formula is C32H33FN4O4. The van der Waals surface area contributed by atoms with Crippen molar-refractivity contribution in [1.82, 2.24) is 19.6 Å². The molecule has 0 bridgehead atoms. The van der Waals surface area contributed by atoms with Gasteiger partial charge in [0.05, 0.1) is 23.5 Å². The Morgan fingerprint density at radius 3 is 2.34 bits per heavy atom. The van der Waals surface area contributed by atoms with Gasteiger partial charge < -0.3 is 19.6 Å². The molecule has 1 atom stereocenters. The Labute approximate surface area is 238 Å². The Kier molecular flexibility index (Phi) is 7.79. The standard InChI is InChI=1S/C32H33FN4O4/c1-32(2,3)41-31(40)35-17-18-36(25(21-35)19-22-9-5-4-6-10-22)30(39)26-20-34-37(27-11-7-8-12-28(27)38)29(26)23-13-15-24(33)16-14-23/h4-16,20,25,38H,17-19,21H2,1-3H3. The number of aromatic nitrogens is 2. The second-order valence-corrected chi connectivity index (χ2v) is 11.1. The van der Waals surface area contributed by atoms with Crippen LogP contribution in [0.15, 0.2) is 85.1 Å². The van der Waals surface area contributed by atoms with Crippen molar-refractivity contribution < 1.29 is 23.8 Å². The van der Waals surface area contributed by atoms with Gasteiger partial charge in [-0.15, -0.1) is 0 Å². The minimum atomic E-state index is -0.638. The molecule has 1 saturated heterocycles. The Morgan fingerprint density at radius 2 is 1.66 bits per heavy atom. The number of aromatic hydroxyl groups is 1. The number of nitrogens with zero attached hydrogens (tertiary/aromatic N) is 4. The lowest BCUT2D eigenvalue weighted by Crippen LogP contribution is -2.57. The number of carbonyl (C=O) groups excluding carboxylic acids is 2. The first kappa shape index (κ1) is 27.9. The molecule has 4 aromatic rings. The molecule has 0 radical (unpaired) electrons. The number of rotatable bonds is 5. The molecule has 0 spiro atoms. The van der Waals surface area contributed by atoms with Crippen LogP contribution in [0.1, 0.15) is 36.7 Å². The molecule has 9 heteroatoms. The summed E-state index contributed by atoms with van der Waals surface area (Å²) >= 11 is 0. The maximum Gasteiger partial charge on any atom is 0.410 e. The number of hydrogen-bond acceptors (Lipinski definition) is 5. The Bertz CT molecular complexity index is 1530. The van der Waals surface area contributed by atoms with Gasteiger partial charge in [-0.1, -0.05) is 42.5 Å². The third kappa shape index (κ3) is 6.24. The molecule has 41 heavy (non-hydrogen) atoms. The van der Waals surface area contributed by atoms with Gasteiger partial charge in [0.1, 0.15) is 22.9 Å². The second kappa shape index (κ2) is 11.4. The van der Waals surface area contributed by atoms with Crippen molar-refractivity contribution in [1.29, 1.82) is 0 Å². The van der Waals surface area contributed by atoms with Crippen molar-refractivity contribution in [3.05, 3.63) is 102 Å². The van der Waals surface area contributed by atoms with Crippen molar-refractivity contribution >= 4 is 12.0 Å². The van der Waals surface area contributed by atoms with E-state index >= 15 is 0 Å². The van der Waals surface area contributed by atoms with E-state index in [9.17, 15) is 19.1 Å². The molecule has 1 N–H and O–H groups in total. The maximum absolute atomic E-state index is 14.3. The molecule has 3 aromatic carbocycles. The molecule has 5 rings (SSSR count). The highest BCUT2D eigenvalue weighted by atomic mass is 19.1. The minimum absolute atomic E-state index is 0.00844. The summed E-state index contributed by atoms with van der Waals surface area (Å²) in [6.45, 7) is 6.38. The van der Waals surface area contributed by atoms with Gasteiger partial charge in [-0.3, -0.25) is 4.79 Å². The van der Waals surface area contributed by atoms with Crippen molar-refractivity contribution in [3.8, 4) is 22.7 Å². The Hall–Kier alpha value is -4.66. The van der Waals surface area contributed by atoms with Gasteiger partial charge in [-0.05, 0) is 69.2 Å². The highest BCUT2D eigenvalue weighted by Crippen LogP contribution is 2.32. The monoisotopic (exact) mass is 556 g/mol. The average molecular weight is 557 g/mol. The van der Waals surface area contributed by atoms with E-state index in [0.717, 1.165) is 5.56 Å². The summed E-state index contributed by atoms with van der Waals surface area (Å²) in [6.07, 6.45) is 1.60. The predicted octanol–water partition coefficient (Wildman–Crippen LogP) is 5.69. The molecule has 8 nitrogen and oxygen atoms in total. The number of halogens is 1. The van der Waals surface area contributed by atoms with E-state index in [2.05, 4.69) is 5.10 Å². The second-order valence-electron chi connectivity index (χ2n) is 11.1. The average Bonchev–Trinajstić information content (AvgIpc) is 3.38. The minimum Gasteiger partial charge on any atom is -0.506 e. The summed E-state index contributed by atoms with van der Waals surface area (Å²) in [7, 11) is 0. The zero-order valence-electron chi connectivity index (χ0n) is 23.3. The van der Waals surface area contributed by atoms with Gasteiger partial charge in [0, 0.05) is 25.2 Å². The van der Waals surface area contributed by atoms with Gasteiger partial charge >= 0.3 is 6.09 Å². The molecule has 2 amide bonds. The third-order valence-corrected chi connectivity index (χ3v) is 6.94. The van der Waals surface area contributed by atoms with Gasteiger partial charge in [0.15, 0.2) is 0 Å². The summed E-state index contributed by atoms with van der Waals surface area (Å²) < 4.78 is 21.0. The summed E-state index contributed by atoms with van der Waals surface area (Å²) in [5, 5.41) is 15.1. The normalized spacial score (nSPS) is 15.6. The molecule has 1 unspecified atom stereocenters. The summed E-state index contributed by atoms with van der Waals surface area (Å²) in [6, 6.07) is 22.0. The van der Waals surface area contributed by atoms with E-state index in [1.54, 1.807) is 46.2 Å². The first-order valence-corrected chi connectivity index (χ1v) is 13.6. The zero-order chi connectivity index (χ0) is 29.1. The first-order chi connectivity index (χ1) is 19.6. The molecule has 0 aliphatic carbocycles. The highest BCUT2D eigenvalue weighted by molar-refractivity contribution is 6.00. The molecule has 1 aromatic heterocycles. The fourth-order valence-corrected chi connectivity index (χ4v) is 5.05. The number of carbonyl (C=O) groups is 2. The van der Waals surface area contributed by atoms with Crippen molar-refractivity contribution in [2.45, 2.75) is 38.8 Å². The number of amides is 2. The lowest BCUT2D eigenvalue weighted by molar-refractivity contribution is 0.00439. The lowest BCUT2D eigenvalue weighted by Gasteiger charge is -2.41. The smallest absolute Gasteiger partial charge is 0.410 e. The van der Waals surface area contributed by atoms with E-state index in [4.69, 9.17) is 4.74 Å². The van der Waals surface area contributed by atoms with Crippen LogP contribution in [0.4, 0.5) is 9.18 Å². The van der Waals surface area contributed by atoms with E-state index in [-0.39, 0.29) is 17.7 Å². The molecule has 1 fully saturated rings. The fourth-order valence-electron chi connectivity index (χ4n) is 5.05. The van der Waals surface area contributed by atoms with Crippen LogP contribution in [0.5, 0.6) is 5.75 Å². The molecule has 1 aliphatic rings. The third-order valence-electron chi connectivity index (χ3n) is 6.94. The summed E-state index contributed by atoms with van der Waals surface area (Å²) in [4.78, 5) is 30.7. The topological polar surface area (TPSA) is 87.9 Å². The quantitative estimate of drug-likeness (QED) is 0.341. The molecule has 0 saturated carbocycles. The highest BCUT2D eigenvalue weighted by Gasteiger charge is 2.36. The first-order valence-electron chi connectivity index (χ1n) is 13.6. The van der Waals surface area contributed by atoms with Crippen molar-refractivity contribution in [2.24, 2.45) is 0 Å². The molecular weight excluding hydrogens is 523 g/mol. The van der Waals surface area contributed by atoms with Gasteiger partial charge in [0.25, 0.3) is 5.91 Å². The molecule has 2 heterocycles.